The molecule has 0 spiro atoms. The average Bonchev–Trinajstić information content (AvgIpc) is 3.66. The number of carbonyl (C=O) groups is 2. The maximum atomic E-state index is 15.0. The maximum Gasteiger partial charge on any atom is 0.407 e. The predicted octanol–water partition coefficient (Wildman–Crippen LogP) is 6.00. The Morgan fingerprint density at radius 2 is 1.79 bits per heavy atom. The van der Waals surface area contributed by atoms with Crippen molar-refractivity contribution in [3.8, 4) is 22.4 Å². The van der Waals surface area contributed by atoms with E-state index in [0.29, 0.717) is 28.9 Å². The molecule has 5 rings (SSSR count). The van der Waals surface area contributed by atoms with Crippen LogP contribution >= 0.6 is 0 Å². The van der Waals surface area contributed by atoms with Crippen LogP contribution in [0.2, 0.25) is 0 Å². The summed E-state index contributed by atoms with van der Waals surface area (Å²) in [7, 11) is 1.60. The van der Waals surface area contributed by atoms with Gasteiger partial charge in [0.05, 0.1) is 17.6 Å². The molecule has 4 N–H and O–H groups in total. The van der Waals surface area contributed by atoms with Crippen LogP contribution in [0.4, 0.5) is 14.9 Å². The van der Waals surface area contributed by atoms with Crippen LogP contribution in [0.15, 0.2) is 60.8 Å². The van der Waals surface area contributed by atoms with Crippen molar-refractivity contribution in [2.24, 2.45) is 11.7 Å². The fourth-order valence-electron chi connectivity index (χ4n) is 5.44. The molecule has 1 heterocycles. The molecule has 0 bridgehead atoms. The molecule has 2 aliphatic rings. The molecule has 0 aliphatic heterocycles. The van der Waals surface area contributed by atoms with Crippen LogP contribution in [0, 0.1) is 11.7 Å². The van der Waals surface area contributed by atoms with Gasteiger partial charge in [-0.2, -0.15) is 0 Å². The number of carbonyl (C=O) groups excluding carboxylic acids is 1. The second-order valence-electron chi connectivity index (χ2n) is 10.7. The molecule has 0 saturated heterocycles. The molecule has 198 valence electrons. The third-order valence-electron chi connectivity index (χ3n) is 7.96. The number of rotatable bonds is 7. The lowest BCUT2D eigenvalue weighted by Gasteiger charge is -2.32. The first-order valence-electron chi connectivity index (χ1n) is 13.1. The standard InChI is InChI=1S/C30H33FN4O3/c1-35(29(37)38)23-10-7-19(8-11-23)15-27(36)34-22-17-24(20-5-3-2-4-6-20)28(33-18-22)21-9-12-25(26(31)16-21)30(32)13-14-30/h2-6,9,12,16-19,23H,7-8,10-11,13-15,32H2,1H3,(H,34,36)(H,37,38)/t19-,23-. The van der Waals surface area contributed by atoms with E-state index in [9.17, 15) is 19.1 Å². The summed E-state index contributed by atoms with van der Waals surface area (Å²) in [6.07, 6.45) is 5.78. The zero-order valence-electron chi connectivity index (χ0n) is 21.5. The Kier molecular flexibility index (Phi) is 7.17. The number of aromatic nitrogens is 1. The number of anilines is 1. The van der Waals surface area contributed by atoms with E-state index in [0.717, 1.165) is 49.7 Å². The molecule has 1 aromatic heterocycles. The third-order valence-corrected chi connectivity index (χ3v) is 7.96. The normalized spacial score (nSPS) is 20.0. The van der Waals surface area contributed by atoms with Gasteiger partial charge in [0.15, 0.2) is 0 Å². The van der Waals surface area contributed by atoms with Gasteiger partial charge in [-0.1, -0.05) is 42.5 Å². The lowest BCUT2D eigenvalue weighted by molar-refractivity contribution is -0.117. The number of carboxylic acid groups (broad SMARTS) is 1. The number of nitrogens with two attached hydrogens (primary N) is 1. The Bertz CT molecular complexity index is 1330. The molecule has 38 heavy (non-hydrogen) atoms. The summed E-state index contributed by atoms with van der Waals surface area (Å²) in [5, 5.41) is 12.2. The predicted molar refractivity (Wildman–Crippen MR) is 145 cm³/mol. The lowest BCUT2D eigenvalue weighted by Crippen LogP contribution is -2.38. The summed E-state index contributed by atoms with van der Waals surface area (Å²) in [5.74, 6) is -0.209. The second kappa shape index (κ2) is 10.5. The van der Waals surface area contributed by atoms with Crippen LogP contribution < -0.4 is 11.1 Å². The fourth-order valence-corrected chi connectivity index (χ4v) is 5.44. The SMILES string of the molecule is CN(C(=O)O)[C@H]1CC[C@H](CC(=O)Nc2cnc(-c3ccc(C4(N)CC4)c(F)c3)c(-c3ccccc3)c2)CC1. The number of nitrogens with one attached hydrogen (secondary N) is 1. The Labute approximate surface area is 221 Å². The van der Waals surface area contributed by atoms with Crippen LogP contribution in [0.1, 0.15) is 50.5 Å². The van der Waals surface area contributed by atoms with Crippen LogP contribution in [-0.4, -0.2) is 40.1 Å². The second-order valence-corrected chi connectivity index (χ2v) is 10.7. The lowest BCUT2D eigenvalue weighted by atomic mass is 9.83. The number of amides is 2. The van der Waals surface area contributed by atoms with Crippen LogP contribution in [0.3, 0.4) is 0 Å². The highest BCUT2D eigenvalue weighted by Gasteiger charge is 2.42. The van der Waals surface area contributed by atoms with Crippen molar-refractivity contribution in [3.63, 3.8) is 0 Å². The molecule has 2 aromatic carbocycles. The number of halogens is 1. The zero-order chi connectivity index (χ0) is 26.9. The van der Waals surface area contributed by atoms with Crippen LogP contribution in [0.25, 0.3) is 22.4 Å². The summed E-state index contributed by atoms with van der Waals surface area (Å²) < 4.78 is 15.0. The van der Waals surface area contributed by atoms with Gasteiger partial charge in [0, 0.05) is 41.7 Å². The molecule has 0 unspecified atom stereocenters. The zero-order valence-corrected chi connectivity index (χ0v) is 21.5. The Hall–Kier alpha value is -3.78. The monoisotopic (exact) mass is 516 g/mol. The number of pyridine rings is 1. The highest BCUT2D eigenvalue weighted by Crippen LogP contribution is 2.44. The molecule has 8 heteroatoms. The fraction of sp³-hybridized carbons (Fsp3) is 0.367. The minimum atomic E-state index is -0.916. The van der Waals surface area contributed by atoms with Crippen molar-refractivity contribution >= 4 is 17.7 Å². The highest BCUT2D eigenvalue weighted by atomic mass is 19.1. The number of nitrogens with zero attached hydrogens (tertiary/aromatic N) is 2. The van der Waals surface area contributed by atoms with Gasteiger partial charge in [-0.15, -0.1) is 0 Å². The topological polar surface area (TPSA) is 109 Å². The first-order chi connectivity index (χ1) is 18.2. The van der Waals surface area contributed by atoms with Crippen LogP contribution in [0.5, 0.6) is 0 Å². The van der Waals surface area contributed by atoms with Crippen molar-refractivity contribution < 1.29 is 19.1 Å². The van der Waals surface area contributed by atoms with Crippen molar-refractivity contribution in [3.05, 3.63) is 72.2 Å². The van der Waals surface area contributed by atoms with E-state index in [1.54, 1.807) is 19.3 Å². The average molecular weight is 517 g/mol. The van der Waals surface area contributed by atoms with E-state index in [2.05, 4.69) is 10.3 Å². The van der Waals surface area contributed by atoms with Gasteiger partial charge < -0.3 is 21.1 Å². The van der Waals surface area contributed by atoms with Gasteiger partial charge in [0.1, 0.15) is 5.82 Å². The van der Waals surface area contributed by atoms with Gasteiger partial charge in [-0.25, -0.2) is 9.18 Å². The molecule has 0 radical (unpaired) electrons. The van der Waals surface area contributed by atoms with Gasteiger partial charge >= 0.3 is 6.09 Å². The molecular weight excluding hydrogens is 483 g/mol. The van der Waals surface area contributed by atoms with Gasteiger partial charge in [-0.3, -0.25) is 9.78 Å². The molecule has 2 aliphatic carbocycles. The largest absolute Gasteiger partial charge is 0.465 e. The summed E-state index contributed by atoms with van der Waals surface area (Å²) >= 11 is 0. The van der Waals surface area contributed by atoms with Gasteiger partial charge in [0.2, 0.25) is 5.91 Å². The molecule has 2 amide bonds. The van der Waals surface area contributed by atoms with Gasteiger partial charge in [-0.05, 0) is 62.1 Å². The van der Waals surface area contributed by atoms with E-state index < -0.39 is 11.6 Å². The maximum absolute atomic E-state index is 15.0. The van der Waals surface area contributed by atoms with E-state index in [4.69, 9.17) is 5.73 Å². The minimum Gasteiger partial charge on any atom is -0.465 e. The summed E-state index contributed by atoms with van der Waals surface area (Å²) in [5.41, 5.74) is 9.76. The summed E-state index contributed by atoms with van der Waals surface area (Å²) in [6, 6.07) is 16.7. The summed E-state index contributed by atoms with van der Waals surface area (Å²) in [6.45, 7) is 0. The Morgan fingerprint density at radius 3 is 2.42 bits per heavy atom. The number of hydrogen-bond acceptors (Lipinski definition) is 4. The highest BCUT2D eigenvalue weighted by molar-refractivity contribution is 5.93. The molecule has 3 aromatic rings. The van der Waals surface area contributed by atoms with E-state index in [1.807, 2.05) is 42.5 Å². The molecular formula is C30H33FN4O3. The third kappa shape index (κ3) is 5.55. The summed E-state index contributed by atoms with van der Waals surface area (Å²) in [4.78, 5) is 30.1. The molecule has 2 saturated carbocycles. The van der Waals surface area contributed by atoms with Crippen LogP contribution in [-0.2, 0) is 10.3 Å². The quantitative estimate of drug-likeness (QED) is 0.357. The van der Waals surface area contributed by atoms with Crippen molar-refractivity contribution in [2.75, 3.05) is 12.4 Å². The van der Waals surface area contributed by atoms with Crippen molar-refractivity contribution in [1.29, 1.82) is 0 Å². The van der Waals surface area contributed by atoms with Crippen molar-refractivity contribution in [1.82, 2.24) is 9.88 Å². The van der Waals surface area contributed by atoms with E-state index in [-0.39, 0.29) is 23.7 Å². The molecule has 7 nitrogen and oxygen atoms in total. The van der Waals surface area contributed by atoms with E-state index >= 15 is 0 Å². The van der Waals surface area contributed by atoms with Crippen molar-refractivity contribution in [2.45, 2.75) is 56.5 Å². The number of benzene rings is 2. The van der Waals surface area contributed by atoms with Gasteiger partial charge in [0.25, 0.3) is 0 Å². The Balaban J connectivity index is 1.32. The first-order valence-corrected chi connectivity index (χ1v) is 13.1. The molecule has 2 fully saturated rings. The Morgan fingerprint density at radius 1 is 1.08 bits per heavy atom. The van der Waals surface area contributed by atoms with E-state index in [1.165, 1.54) is 11.0 Å². The number of hydrogen-bond donors (Lipinski definition) is 3. The minimum absolute atomic E-state index is 0.00977. The smallest absolute Gasteiger partial charge is 0.407 e. The first kappa shape index (κ1) is 25.9. The molecule has 0 atom stereocenters.